The first-order valence-electron chi connectivity index (χ1n) is 4.63. The molecule has 1 aromatic carbocycles. The fourth-order valence-corrected chi connectivity index (χ4v) is 1.75. The van der Waals surface area contributed by atoms with Crippen molar-refractivity contribution in [1.29, 1.82) is 0 Å². The molecule has 0 aromatic heterocycles. The Kier molecular flexibility index (Phi) is 2.15. The van der Waals surface area contributed by atoms with Crippen LogP contribution in [0, 0.1) is 16.0 Å². The van der Waals surface area contributed by atoms with Crippen LogP contribution in [0.3, 0.4) is 0 Å². The lowest BCUT2D eigenvalue weighted by atomic mass is 10.1. The molecule has 1 saturated carbocycles. The van der Waals surface area contributed by atoms with E-state index in [2.05, 4.69) is 0 Å². The number of nitrogens with two attached hydrogens (primary N) is 1. The summed E-state index contributed by atoms with van der Waals surface area (Å²) in [4.78, 5) is 20.9. The average molecular weight is 206 g/mol. The number of amides is 1. The Balaban J connectivity index is 2.20. The molecule has 1 fully saturated rings. The van der Waals surface area contributed by atoms with Crippen molar-refractivity contribution in [3.05, 3.63) is 39.9 Å². The van der Waals surface area contributed by atoms with Crippen molar-refractivity contribution in [1.82, 2.24) is 0 Å². The van der Waals surface area contributed by atoms with Crippen molar-refractivity contribution in [2.24, 2.45) is 11.7 Å². The van der Waals surface area contributed by atoms with Crippen molar-refractivity contribution in [3.63, 3.8) is 0 Å². The minimum atomic E-state index is -0.439. The van der Waals surface area contributed by atoms with Crippen LogP contribution in [-0.2, 0) is 4.79 Å². The molecule has 1 aliphatic carbocycles. The predicted molar refractivity (Wildman–Crippen MR) is 53.1 cm³/mol. The van der Waals surface area contributed by atoms with Crippen molar-refractivity contribution in [2.75, 3.05) is 0 Å². The largest absolute Gasteiger partial charge is 0.369 e. The molecule has 5 heteroatoms. The van der Waals surface area contributed by atoms with E-state index >= 15 is 0 Å². The maximum atomic E-state index is 10.9. The number of carbonyl (C=O) groups is 1. The molecule has 0 bridgehead atoms. The van der Waals surface area contributed by atoms with Gasteiger partial charge in [0.05, 0.1) is 4.92 Å². The van der Waals surface area contributed by atoms with E-state index in [-0.39, 0.29) is 23.4 Å². The Morgan fingerprint density at radius 3 is 2.80 bits per heavy atom. The van der Waals surface area contributed by atoms with Crippen molar-refractivity contribution in [3.8, 4) is 0 Å². The lowest BCUT2D eigenvalue weighted by Crippen LogP contribution is -2.13. The molecule has 1 aliphatic rings. The van der Waals surface area contributed by atoms with Crippen LogP contribution in [0.1, 0.15) is 17.9 Å². The fourth-order valence-electron chi connectivity index (χ4n) is 1.75. The first kappa shape index (κ1) is 9.64. The molecule has 1 amide bonds. The maximum absolute atomic E-state index is 10.9. The number of carbonyl (C=O) groups excluding carboxylic acids is 1. The van der Waals surface area contributed by atoms with Gasteiger partial charge in [-0.2, -0.15) is 0 Å². The van der Waals surface area contributed by atoms with Crippen LogP contribution in [0.25, 0.3) is 0 Å². The highest BCUT2D eigenvalue weighted by Gasteiger charge is 2.43. The van der Waals surface area contributed by atoms with Gasteiger partial charge in [-0.3, -0.25) is 14.9 Å². The second-order valence-corrected chi connectivity index (χ2v) is 3.70. The predicted octanol–water partition coefficient (Wildman–Crippen LogP) is 1.18. The summed E-state index contributed by atoms with van der Waals surface area (Å²) in [7, 11) is 0. The first-order chi connectivity index (χ1) is 7.09. The summed E-state index contributed by atoms with van der Waals surface area (Å²) in [5.74, 6) is -0.402. The Bertz CT molecular complexity index is 430. The molecule has 15 heavy (non-hydrogen) atoms. The van der Waals surface area contributed by atoms with Crippen LogP contribution in [0.2, 0.25) is 0 Å². The molecule has 0 aliphatic heterocycles. The highest BCUT2D eigenvalue weighted by atomic mass is 16.6. The van der Waals surface area contributed by atoms with Gasteiger partial charge in [0.1, 0.15) is 0 Å². The van der Waals surface area contributed by atoms with Gasteiger partial charge in [0.15, 0.2) is 0 Å². The quantitative estimate of drug-likeness (QED) is 0.595. The van der Waals surface area contributed by atoms with Crippen molar-refractivity contribution in [2.45, 2.75) is 12.3 Å². The zero-order valence-electron chi connectivity index (χ0n) is 7.92. The van der Waals surface area contributed by atoms with E-state index in [4.69, 9.17) is 5.73 Å². The van der Waals surface area contributed by atoms with Gasteiger partial charge in [-0.25, -0.2) is 0 Å². The van der Waals surface area contributed by atoms with Crippen LogP contribution in [0.15, 0.2) is 24.3 Å². The lowest BCUT2D eigenvalue weighted by molar-refractivity contribution is -0.384. The molecule has 1 aromatic rings. The number of rotatable bonds is 3. The average Bonchev–Trinajstić information content (AvgIpc) is 2.97. The Morgan fingerprint density at radius 1 is 1.53 bits per heavy atom. The van der Waals surface area contributed by atoms with Crippen LogP contribution in [0.5, 0.6) is 0 Å². The van der Waals surface area contributed by atoms with Crippen molar-refractivity contribution < 1.29 is 9.72 Å². The molecule has 2 atom stereocenters. The van der Waals surface area contributed by atoms with E-state index in [9.17, 15) is 14.9 Å². The van der Waals surface area contributed by atoms with Crippen LogP contribution < -0.4 is 5.73 Å². The van der Waals surface area contributed by atoms with E-state index < -0.39 is 4.92 Å². The summed E-state index contributed by atoms with van der Waals surface area (Å²) in [6.45, 7) is 0. The topological polar surface area (TPSA) is 86.2 Å². The van der Waals surface area contributed by atoms with Crippen molar-refractivity contribution >= 4 is 11.6 Å². The smallest absolute Gasteiger partial charge is 0.269 e. The van der Waals surface area contributed by atoms with Crippen LogP contribution in [0.4, 0.5) is 5.69 Å². The molecular weight excluding hydrogens is 196 g/mol. The molecule has 0 spiro atoms. The minimum absolute atomic E-state index is 0.0580. The van der Waals surface area contributed by atoms with Gasteiger partial charge in [-0.15, -0.1) is 0 Å². The number of non-ortho nitro benzene ring substituents is 1. The summed E-state index contributed by atoms with van der Waals surface area (Å²) in [6.07, 6.45) is 0.705. The summed E-state index contributed by atoms with van der Waals surface area (Å²) in [5, 5.41) is 10.5. The number of nitrogens with zero attached hydrogens (tertiary/aromatic N) is 1. The lowest BCUT2D eigenvalue weighted by Gasteiger charge is -1.98. The first-order valence-corrected chi connectivity index (χ1v) is 4.63. The summed E-state index contributed by atoms with van der Waals surface area (Å²) >= 11 is 0. The molecule has 78 valence electrons. The number of hydrogen-bond donors (Lipinski definition) is 1. The fraction of sp³-hybridized carbons (Fsp3) is 0.300. The molecule has 0 saturated heterocycles. The Hall–Kier alpha value is -1.91. The third-order valence-electron chi connectivity index (χ3n) is 2.67. The molecular formula is C10H10N2O3. The highest BCUT2D eigenvalue weighted by molar-refractivity contribution is 5.81. The SMILES string of the molecule is NC(=O)C1CC1c1cccc([N+](=O)[O-])c1. The maximum Gasteiger partial charge on any atom is 0.269 e. The Labute approximate surface area is 86.0 Å². The zero-order chi connectivity index (χ0) is 11.0. The summed E-state index contributed by atoms with van der Waals surface area (Å²) < 4.78 is 0. The summed E-state index contributed by atoms with van der Waals surface area (Å²) in [6, 6.07) is 6.36. The second-order valence-electron chi connectivity index (χ2n) is 3.70. The number of nitro groups is 1. The highest BCUT2D eigenvalue weighted by Crippen LogP contribution is 2.47. The summed E-state index contributed by atoms with van der Waals surface area (Å²) in [5.41, 5.74) is 6.04. The van der Waals surface area contributed by atoms with Gasteiger partial charge in [0.2, 0.25) is 5.91 Å². The molecule has 2 N–H and O–H groups in total. The molecule has 5 nitrogen and oxygen atoms in total. The van der Waals surface area contributed by atoms with Gasteiger partial charge in [-0.05, 0) is 17.9 Å². The van der Waals surface area contributed by atoms with Gasteiger partial charge >= 0.3 is 0 Å². The second kappa shape index (κ2) is 3.34. The number of nitro benzene ring substituents is 1. The third-order valence-corrected chi connectivity index (χ3v) is 2.67. The molecule has 0 heterocycles. The minimum Gasteiger partial charge on any atom is -0.369 e. The normalized spacial score (nSPS) is 23.5. The van der Waals surface area contributed by atoms with E-state index in [1.54, 1.807) is 12.1 Å². The van der Waals surface area contributed by atoms with Crippen LogP contribution >= 0.6 is 0 Å². The Morgan fingerprint density at radius 2 is 2.27 bits per heavy atom. The van der Waals surface area contributed by atoms with Gasteiger partial charge < -0.3 is 5.73 Å². The molecule has 0 radical (unpaired) electrons. The van der Waals surface area contributed by atoms with E-state index in [0.717, 1.165) is 5.56 Å². The van der Waals surface area contributed by atoms with Gasteiger partial charge in [0.25, 0.3) is 5.69 Å². The number of benzene rings is 1. The standard InChI is InChI=1S/C10H10N2O3/c11-10(13)9-5-8(9)6-2-1-3-7(4-6)12(14)15/h1-4,8-9H,5H2,(H2,11,13). The third kappa shape index (κ3) is 1.81. The monoisotopic (exact) mass is 206 g/mol. The van der Waals surface area contributed by atoms with Gasteiger partial charge in [0, 0.05) is 18.1 Å². The van der Waals surface area contributed by atoms with Crippen LogP contribution in [-0.4, -0.2) is 10.8 Å². The van der Waals surface area contributed by atoms with Gasteiger partial charge in [-0.1, -0.05) is 12.1 Å². The molecule has 2 unspecified atom stereocenters. The number of hydrogen-bond acceptors (Lipinski definition) is 3. The number of primary amides is 1. The zero-order valence-corrected chi connectivity index (χ0v) is 7.92. The molecule has 2 rings (SSSR count). The van der Waals surface area contributed by atoms with E-state index in [0.29, 0.717) is 6.42 Å². The van der Waals surface area contributed by atoms with E-state index in [1.165, 1.54) is 12.1 Å². The van der Waals surface area contributed by atoms with E-state index in [1.807, 2.05) is 0 Å².